The van der Waals surface area contributed by atoms with E-state index >= 15 is 0 Å². The van der Waals surface area contributed by atoms with Crippen LogP contribution in [0.3, 0.4) is 0 Å². The average Bonchev–Trinajstić information content (AvgIpc) is 2.56. The maximum absolute atomic E-state index is 12.8. The van der Waals surface area contributed by atoms with E-state index in [1.54, 1.807) is 0 Å². The van der Waals surface area contributed by atoms with Gasteiger partial charge in [-0.25, -0.2) is 0 Å². The third-order valence-corrected chi connectivity index (χ3v) is 4.50. The van der Waals surface area contributed by atoms with Gasteiger partial charge in [0.2, 0.25) is 0 Å². The van der Waals surface area contributed by atoms with Gasteiger partial charge in [0.05, 0.1) is 6.10 Å². The Balaban J connectivity index is 1.91. The molecule has 4 atom stereocenters. The number of rotatable bonds is 4. The molecule has 0 N–H and O–H groups in total. The Kier molecular flexibility index (Phi) is 7.50. The van der Waals surface area contributed by atoms with Crippen LogP contribution in [0.1, 0.15) is 6.92 Å². The lowest BCUT2D eigenvalue weighted by Gasteiger charge is -2.39. The standard InChI is InChI=1S/C16H21F9N2O2/c1-10-6-26(7-11(28-10)14(17,18)19)4-2-3-5-27-8-12(15(20,21)22)29-13(9-27)16(23,24)25/h2-3,10-13H,4-9H2,1H3/b3-2+. The molecular weight excluding hydrogens is 423 g/mol. The van der Waals surface area contributed by atoms with Gasteiger partial charge < -0.3 is 9.47 Å². The number of hydrogen-bond acceptors (Lipinski definition) is 4. The van der Waals surface area contributed by atoms with Crippen LogP contribution in [0.2, 0.25) is 0 Å². The Morgan fingerprint density at radius 3 is 1.38 bits per heavy atom. The molecule has 4 unspecified atom stereocenters. The van der Waals surface area contributed by atoms with E-state index in [1.165, 1.54) is 24.0 Å². The number of ether oxygens (including phenoxy) is 2. The average molecular weight is 444 g/mol. The molecule has 4 nitrogen and oxygen atoms in total. The fourth-order valence-electron chi connectivity index (χ4n) is 3.15. The maximum atomic E-state index is 12.8. The molecule has 0 bridgehead atoms. The van der Waals surface area contributed by atoms with Gasteiger partial charge in [-0.3, -0.25) is 9.80 Å². The van der Waals surface area contributed by atoms with Gasteiger partial charge in [-0.2, -0.15) is 39.5 Å². The summed E-state index contributed by atoms with van der Waals surface area (Å²) in [6, 6.07) is 0. The van der Waals surface area contributed by atoms with Crippen LogP contribution in [0.4, 0.5) is 39.5 Å². The van der Waals surface area contributed by atoms with Crippen molar-refractivity contribution in [3.8, 4) is 0 Å². The molecule has 2 saturated heterocycles. The molecule has 2 rings (SSSR count). The summed E-state index contributed by atoms with van der Waals surface area (Å²) < 4.78 is 124. The normalized spacial score (nSPS) is 31.5. The predicted octanol–water partition coefficient (Wildman–Crippen LogP) is 3.39. The lowest BCUT2D eigenvalue weighted by Crippen LogP contribution is -2.57. The van der Waals surface area contributed by atoms with Crippen molar-refractivity contribution in [2.75, 3.05) is 39.3 Å². The number of alkyl halides is 9. The summed E-state index contributed by atoms with van der Waals surface area (Å²) in [5, 5.41) is 0. The molecule has 0 aromatic carbocycles. The van der Waals surface area contributed by atoms with Crippen LogP contribution in [-0.2, 0) is 9.47 Å². The van der Waals surface area contributed by atoms with E-state index in [4.69, 9.17) is 4.74 Å². The molecule has 29 heavy (non-hydrogen) atoms. The molecule has 0 aromatic heterocycles. The van der Waals surface area contributed by atoms with E-state index in [9.17, 15) is 39.5 Å². The second kappa shape index (κ2) is 8.98. The van der Waals surface area contributed by atoms with Crippen molar-refractivity contribution in [2.45, 2.75) is 49.9 Å². The highest BCUT2D eigenvalue weighted by molar-refractivity contribution is 4.93. The van der Waals surface area contributed by atoms with E-state index in [0.29, 0.717) is 0 Å². The van der Waals surface area contributed by atoms with E-state index in [1.807, 2.05) is 0 Å². The van der Waals surface area contributed by atoms with Crippen molar-refractivity contribution in [1.82, 2.24) is 9.80 Å². The summed E-state index contributed by atoms with van der Waals surface area (Å²) in [7, 11) is 0. The summed E-state index contributed by atoms with van der Waals surface area (Å²) in [4.78, 5) is 2.41. The zero-order valence-corrected chi connectivity index (χ0v) is 15.3. The first-order valence-corrected chi connectivity index (χ1v) is 8.77. The van der Waals surface area contributed by atoms with Crippen molar-refractivity contribution in [3.05, 3.63) is 12.2 Å². The van der Waals surface area contributed by atoms with Crippen molar-refractivity contribution >= 4 is 0 Å². The fourth-order valence-corrected chi connectivity index (χ4v) is 3.15. The quantitative estimate of drug-likeness (QED) is 0.491. The molecule has 0 aromatic rings. The Morgan fingerprint density at radius 1 is 0.655 bits per heavy atom. The van der Waals surface area contributed by atoms with Crippen LogP contribution in [0.25, 0.3) is 0 Å². The van der Waals surface area contributed by atoms with E-state index < -0.39 is 62.6 Å². The Bertz CT molecular complexity index is 540. The molecule has 0 amide bonds. The van der Waals surface area contributed by atoms with Gasteiger partial charge in [-0.15, -0.1) is 0 Å². The van der Waals surface area contributed by atoms with Gasteiger partial charge in [0.1, 0.15) is 0 Å². The Hall–Kier alpha value is -1.05. The van der Waals surface area contributed by atoms with Crippen molar-refractivity contribution in [1.29, 1.82) is 0 Å². The molecule has 170 valence electrons. The highest BCUT2D eigenvalue weighted by Gasteiger charge is 2.52. The molecule has 2 heterocycles. The minimum Gasteiger partial charge on any atom is -0.363 e. The summed E-state index contributed by atoms with van der Waals surface area (Å²) >= 11 is 0. The molecule has 13 heteroatoms. The summed E-state index contributed by atoms with van der Waals surface area (Å²) in [5.41, 5.74) is 0. The first kappa shape index (κ1) is 24.2. The van der Waals surface area contributed by atoms with Crippen LogP contribution >= 0.6 is 0 Å². The van der Waals surface area contributed by atoms with Crippen LogP contribution in [0, 0.1) is 0 Å². The van der Waals surface area contributed by atoms with Crippen molar-refractivity contribution in [2.24, 2.45) is 0 Å². The predicted molar refractivity (Wildman–Crippen MR) is 83.2 cm³/mol. The number of morpholine rings is 2. The van der Waals surface area contributed by atoms with Crippen LogP contribution in [0.5, 0.6) is 0 Å². The second-order valence-electron chi connectivity index (χ2n) is 7.08. The summed E-state index contributed by atoms with van der Waals surface area (Å²) in [6.45, 7) is -0.364. The Labute approximate surface area is 161 Å². The third kappa shape index (κ3) is 7.30. The monoisotopic (exact) mass is 444 g/mol. The highest BCUT2D eigenvalue weighted by atomic mass is 19.4. The SMILES string of the molecule is CC1CN(C/C=C/CN2CC(C(F)(F)F)OC(C(F)(F)F)C2)CC(C(F)(F)F)O1. The zero-order chi connectivity index (χ0) is 22.0. The van der Waals surface area contributed by atoms with E-state index in [0.717, 1.165) is 4.90 Å². The molecule has 0 radical (unpaired) electrons. The number of halogens is 9. The van der Waals surface area contributed by atoms with Crippen molar-refractivity contribution in [3.63, 3.8) is 0 Å². The molecule has 0 spiro atoms. The molecule has 2 aliphatic rings. The lowest BCUT2D eigenvalue weighted by molar-refractivity contribution is -0.306. The van der Waals surface area contributed by atoms with Crippen LogP contribution in [-0.4, -0.2) is 92.0 Å². The highest BCUT2D eigenvalue weighted by Crippen LogP contribution is 2.33. The first-order chi connectivity index (χ1) is 13.2. The van der Waals surface area contributed by atoms with Crippen molar-refractivity contribution < 1.29 is 49.0 Å². The fraction of sp³-hybridized carbons (Fsp3) is 0.875. The van der Waals surface area contributed by atoms with Gasteiger partial charge in [-0.05, 0) is 6.92 Å². The molecule has 0 aliphatic carbocycles. The first-order valence-electron chi connectivity index (χ1n) is 8.77. The molecule has 2 fully saturated rings. The minimum atomic E-state index is -4.94. The molecule has 0 saturated carbocycles. The summed E-state index contributed by atoms with van der Waals surface area (Å²) in [6.07, 6.45) is -19.4. The minimum absolute atomic E-state index is 0.0655. The molecule has 2 aliphatic heterocycles. The van der Waals surface area contributed by atoms with E-state index in [2.05, 4.69) is 4.74 Å². The lowest BCUT2D eigenvalue weighted by atomic mass is 10.2. The van der Waals surface area contributed by atoms with Crippen LogP contribution < -0.4 is 0 Å². The second-order valence-corrected chi connectivity index (χ2v) is 7.08. The number of hydrogen-bond donors (Lipinski definition) is 0. The van der Waals surface area contributed by atoms with Crippen LogP contribution in [0.15, 0.2) is 12.2 Å². The van der Waals surface area contributed by atoms with Gasteiger partial charge in [0.25, 0.3) is 0 Å². The third-order valence-electron chi connectivity index (χ3n) is 4.50. The molecular formula is C16H21F9N2O2. The summed E-state index contributed by atoms with van der Waals surface area (Å²) in [5.74, 6) is 0. The van der Waals surface area contributed by atoms with Gasteiger partial charge in [-0.1, -0.05) is 12.2 Å². The van der Waals surface area contributed by atoms with E-state index in [-0.39, 0.29) is 19.6 Å². The van der Waals surface area contributed by atoms with Gasteiger partial charge >= 0.3 is 18.5 Å². The smallest absolute Gasteiger partial charge is 0.363 e. The van der Waals surface area contributed by atoms with Gasteiger partial charge in [0, 0.05) is 39.3 Å². The largest absolute Gasteiger partial charge is 0.415 e. The van der Waals surface area contributed by atoms with Gasteiger partial charge in [0.15, 0.2) is 18.3 Å². The Morgan fingerprint density at radius 2 is 1.00 bits per heavy atom. The zero-order valence-electron chi connectivity index (χ0n) is 15.3. The topological polar surface area (TPSA) is 24.9 Å². The maximum Gasteiger partial charge on any atom is 0.415 e. The number of nitrogens with zero attached hydrogens (tertiary/aromatic N) is 2.